The van der Waals surface area contributed by atoms with Gasteiger partial charge in [0.25, 0.3) is 0 Å². The predicted molar refractivity (Wildman–Crippen MR) is 35.4 cm³/mol. The molecule has 0 saturated heterocycles. The van der Waals surface area contributed by atoms with E-state index in [0.717, 1.165) is 0 Å². The molecule has 0 bridgehead atoms. The molecule has 0 spiro atoms. The van der Waals surface area contributed by atoms with Gasteiger partial charge in [-0.25, -0.2) is 4.39 Å². The highest BCUT2D eigenvalue weighted by atomic mass is 19.4. The lowest BCUT2D eigenvalue weighted by Gasteiger charge is -2.22. The van der Waals surface area contributed by atoms with Crippen LogP contribution in [0.15, 0.2) is 0 Å². The summed E-state index contributed by atoms with van der Waals surface area (Å²) in [6, 6.07) is 0. The standard InChI is InChI=1S/C7H10F6/c1-2-3-4-5(8)6(9,10)7(11,12)13/h5H,2-4H2,1H3. The Morgan fingerprint density at radius 1 is 1.08 bits per heavy atom. The van der Waals surface area contributed by atoms with Crippen LogP contribution in [0.3, 0.4) is 0 Å². The first kappa shape index (κ1) is 12.6. The SMILES string of the molecule is CCCCC(F)C(F)(F)C(F)(F)F. The monoisotopic (exact) mass is 208 g/mol. The fourth-order valence-electron chi connectivity index (χ4n) is 0.742. The first-order chi connectivity index (χ1) is 5.73. The average Bonchev–Trinajstić information content (AvgIpc) is 1.97. The Labute approximate surface area is 71.9 Å². The number of alkyl halides is 6. The van der Waals surface area contributed by atoms with Crippen LogP contribution in [0.5, 0.6) is 0 Å². The van der Waals surface area contributed by atoms with Crippen LogP contribution in [0.4, 0.5) is 26.3 Å². The normalized spacial score (nSPS) is 15.9. The largest absolute Gasteiger partial charge is 0.456 e. The van der Waals surface area contributed by atoms with Gasteiger partial charge in [-0.3, -0.25) is 0 Å². The minimum absolute atomic E-state index is 0.0207. The molecule has 1 atom stereocenters. The molecule has 80 valence electrons. The lowest BCUT2D eigenvalue weighted by Crippen LogP contribution is -2.44. The van der Waals surface area contributed by atoms with Gasteiger partial charge in [0.2, 0.25) is 0 Å². The van der Waals surface area contributed by atoms with Crippen molar-refractivity contribution < 1.29 is 26.3 Å². The molecule has 0 saturated carbocycles. The Morgan fingerprint density at radius 2 is 1.54 bits per heavy atom. The number of hydrogen-bond donors (Lipinski definition) is 0. The van der Waals surface area contributed by atoms with Gasteiger partial charge in [-0.2, -0.15) is 22.0 Å². The van der Waals surface area contributed by atoms with E-state index < -0.39 is 24.7 Å². The Hall–Kier alpha value is -0.420. The van der Waals surface area contributed by atoms with Crippen LogP contribution in [-0.2, 0) is 0 Å². The molecule has 0 N–H and O–H groups in total. The van der Waals surface area contributed by atoms with Gasteiger partial charge in [0.1, 0.15) is 0 Å². The summed E-state index contributed by atoms with van der Waals surface area (Å²) in [6.07, 6.45) is -9.28. The maximum absolute atomic E-state index is 12.4. The number of unbranched alkanes of at least 4 members (excludes halogenated alkanes) is 1. The number of rotatable bonds is 4. The van der Waals surface area contributed by atoms with E-state index in [1.807, 2.05) is 0 Å². The minimum Gasteiger partial charge on any atom is -0.240 e. The van der Waals surface area contributed by atoms with Crippen LogP contribution in [0.25, 0.3) is 0 Å². The fraction of sp³-hybridized carbons (Fsp3) is 1.00. The van der Waals surface area contributed by atoms with Gasteiger partial charge in [0, 0.05) is 0 Å². The predicted octanol–water partition coefficient (Wildman–Crippen LogP) is 3.71. The molecule has 0 aliphatic heterocycles. The summed E-state index contributed by atoms with van der Waals surface area (Å²) in [5, 5.41) is 0. The summed E-state index contributed by atoms with van der Waals surface area (Å²) >= 11 is 0. The molecule has 0 radical (unpaired) electrons. The Kier molecular flexibility index (Phi) is 4.06. The second-order valence-electron chi connectivity index (χ2n) is 2.73. The van der Waals surface area contributed by atoms with E-state index in [4.69, 9.17) is 0 Å². The summed E-state index contributed by atoms with van der Waals surface area (Å²) in [5.41, 5.74) is 0. The van der Waals surface area contributed by atoms with E-state index in [-0.39, 0.29) is 6.42 Å². The molecule has 1 unspecified atom stereocenters. The molecule has 0 aromatic heterocycles. The third-order valence-corrected chi connectivity index (χ3v) is 1.58. The van der Waals surface area contributed by atoms with Crippen LogP contribution in [0.1, 0.15) is 26.2 Å². The smallest absolute Gasteiger partial charge is 0.240 e. The second-order valence-corrected chi connectivity index (χ2v) is 2.73. The van der Waals surface area contributed by atoms with Crippen molar-refractivity contribution in [2.75, 3.05) is 0 Å². The van der Waals surface area contributed by atoms with Crippen molar-refractivity contribution in [3.63, 3.8) is 0 Å². The van der Waals surface area contributed by atoms with Gasteiger partial charge in [-0.15, -0.1) is 0 Å². The highest BCUT2D eigenvalue weighted by molar-refractivity contribution is 4.84. The molecule has 0 aromatic carbocycles. The quantitative estimate of drug-likeness (QED) is 0.618. The molecule has 0 rings (SSSR count). The maximum Gasteiger partial charge on any atom is 0.456 e. The van der Waals surface area contributed by atoms with Gasteiger partial charge in [-0.05, 0) is 6.42 Å². The van der Waals surface area contributed by atoms with Gasteiger partial charge < -0.3 is 0 Å². The molecule has 0 fully saturated rings. The molecule has 0 heterocycles. The van der Waals surface area contributed by atoms with E-state index >= 15 is 0 Å². The van der Waals surface area contributed by atoms with E-state index in [2.05, 4.69) is 0 Å². The Morgan fingerprint density at radius 3 is 1.85 bits per heavy atom. The summed E-state index contributed by atoms with van der Waals surface area (Å²) < 4.78 is 71.3. The highest BCUT2D eigenvalue weighted by Gasteiger charge is 2.62. The Balaban J connectivity index is 4.27. The molecular weight excluding hydrogens is 198 g/mol. The van der Waals surface area contributed by atoms with Crippen LogP contribution in [0, 0.1) is 0 Å². The minimum atomic E-state index is -5.79. The summed E-state index contributed by atoms with van der Waals surface area (Å²) in [4.78, 5) is 0. The van der Waals surface area contributed by atoms with Crippen molar-refractivity contribution in [3.05, 3.63) is 0 Å². The van der Waals surface area contributed by atoms with Crippen LogP contribution >= 0.6 is 0 Å². The average molecular weight is 208 g/mol. The summed E-state index contributed by atoms with van der Waals surface area (Å²) in [7, 11) is 0. The topological polar surface area (TPSA) is 0 Å². The molecule has 13 heavy (non-hydrogen) atoms. The Bertz CT molecular complexity index is 150. The first-order valence-corrected chi connectivity index (χ1v) is 3.82. The highest BCUT2D eigenvalue weighted by Crippen LogP contribution is 2.40. The second kappa shape index (κ2) is 4.19. The van der Waals surface area contributed by atoms with Crippen molar-refractivity contribution in [2.45, 2.75) is 44.5 Å². The number of halogens is 6. The van der Waals surface area contributed by atoms with Crippen LogP contribution in [-0.4, -0.2) is 18.3 Å². The molecule has 0 aliphatic rings. The zero-order valence-electron chi connectivity index (χ0n) is 6.97. The van der Waals surface area contributed by atoms with Crippen molar-refractivity contribution in [1.29, 1.82) is 0 Å². The lowest BCUT2D eigenvalue weighted by molar-refractivity contribution is -0.303. The zero-order valence-corrected chi connectivity index (χ0v) is 6.97. The van der Waals surface area contributed by atoms with E-state index in [0.29, 0.717) is 6.42 Å². The van der Waals surface area contributed by atoms with E-state index in [1.165, 1.54) is 0 Å². The van der Waals surface area contributed by atoms with Gasteiger partial charge in [0.05, 0.1) is 0 Å². The summed E-state index contributed by atoms with van der Waals surface area (Å²) in [6.45, 7) is 1.58. The number of hydrogen-bond acceptors (Lipinski definition) is 0. The third kappa shape index (κ3) is 3.08. The lowest BCUT2D eigenvalue weighted by atomic mass is 10.1. The molecular formula is C7H10F6. The van der Waals surface area contributed by atoms with E-state index in [9.17, 15) is 26.3 Å². The van der Waals surface area contributed by atoms with Gasteiger partial charge >= 0.3 is 12.1 Å². The maximum atomic E-state index is 12.4. The molecule has 0 amide bonds. The van der Waals surface area contributed by atoms with Crippen LogP contribution < -0.4 is 0 Å². The van der Waals surface area contributed by atoms with Crippen molar-refractivity contribution in [2.24, 2.45) is 0 Å². The van der Waals surface area contributed by atoms with Crippen molar-refractivity contribution in [1.82, 2.24) is 0 Å². The zero-order chi connectivity index (χ0) is 10.7. The van der Waals surface area contributed by atoms with E-state index in [1.54, 1.807) is 6.92 Å². The van der Waals surface area contributed by atoms with Crippen molar-refractivity contribution in [3.8, 4) is 0 Å². The van der Waals surface area contributed by atoms with Gasteiger partial charge in [0.15, 0.2) is 6.17 Å². The molecule has 6 heteroatoms. The first-order valence-electron chi connectivity index (χ1n) is 3.82. The van der Waals surface area contributed by atoms with Gasteiger partial charge in [-0.1, -0.05) is 19.8 Å². The summed E-state index contributed by atoms with van der Waals surface area (Å²) in [5.74, 6) is -5.22. The molecule has 0 nitrogen and oxygen atoms in total. The fourth-order valence-corrected chi connectivity index (χ4v) is 0.742. The molecule has 0 aliphatic carbocycles. The molecule has 0 aromatic rings. The van der Waals surface area contributed by atoms with Crippen molar-refractivity contribution >= 4 is 0 Å². The van der Waals surface area contributed by atoms with Crippen LogP contribution in [0.2, 0.25) is 0 Å². The third-order valence-electron chi connectivity index (χ3n) is 1.58.